The summed E-state index contributed by atoms with van der Waals surface area (Å²) in [6.07, 6.45) is 3.54. The molecule has 1 aromatic carbocycles. The number of hydrogen-bond acceptors (Lipinski definition) is 5. The number of pyridine rings is 1. The lowest BCUT2D eigenvalue weighted by molar-refractivity contribution is 0.381. The van der Waals surface area contributed by atoms with Gasteiger partial charge in [0.2, 0.25) is 0 Å². The quantitative estimate of drug-likeness (QED) is 0.568. The first-order chi connectivity index (χ1) is 12.5. The number of fused-ring (bicyclic) bond motifs is 3. The van der Waals surface area contributed by atoms with Gasteiger partial charge < -0.3 is 14.0 Å². The van der Waals surface area contributed by atoms with Crippen LogP contribution >= 0.6 is 0 Å². The predicted octanol–water partition coefficient (Wildman–Crippen LogP) is 2.60. The van der Waals surface area contributed by atoms with E-state index in [1.165, 1.54) is 7.11 Å². The summed E-state index contributed by atoms with van der Waals surface area (Å²) < 4.78 is 14.0. The van der Waals surface area contributed by atoms with Crippen LogP contribution in [-0.4, -0.2) is 33.3 Å². The maximum absolute atomic E-state index is 13.3. The van der Waals surface area contributed by atoms with Crippen LogP contribution in [0, 0.1) is 6.92 Å². The van der Waals surface area contributed by atoms with Crippen molar-refractivity contribution in [2.45, 2.75) is 6.92 Å². The van der Waals surface area contributed by atoms with Crippen LogP contribution in [0.1, 0.15) is 5.69 Å². The number of hydrogen-bond donors (Lipinski definition) is 0. The molecule has 26 heavy (non-hydrogen) atoms. The van der Waals surface area contributed by atoms with Crippen molar-refractivity contribution in [1.29, 1.82) is 0 Å². The summed E-state index contributed by atoms with van der Waals surface area (Å²) in [5, 5.41) is 1.42. The third kappa shape index (κ3) is 2.24. The molecular weight excluding hydrogens is 332 g/mol. The fourth-order valence-corrected chi connectivity index (χ4v) is 3.20. The molecule has 7 nitrogen and oxygen atoms in total. The molecule has 0 unspecified atom stereocenters. The van der Waals surface area contributed by atoms with Gasteiger partial charge in [-0.1, -0.05) is 0 Å². The molecule has 0 atom stereocenters. The second-order valence-electron chi connectivity index (χ2n) is 6.04. The first-order valence-electron chi connectivity index (χ1n) is 8.11. The summed E-state index contributed by atoms with van der Waals surface area (Å²) >= 11 is 0. The van der Waals surface area contributed by atoms with E-state index in [0.29, 0.717) is 16.4 Å². The van der Waals surface area contributed by atoms with Gasteiger partial charge >= 0.3 is 6.01 Å². The molecule has 4 aromatic rings. The summed E-state index contributed by atoms with van der Waals surface area (Å²) in [4.78, 5) is 22.0. The molecular formula is C19H18N4O3. The fraction of sp³-hybridized carbons (Fsp3) is 0.211. The van der Waals surface area contributed by atoms with Crippen molar-refractivity contribution >= 4 is 21.8 Å². The van der Waals surface area contributed by atoms with Gasteiger partial charge in [0.25, 0.3) is 5.56 Å². The Balaban J connectivity index is 2.17. The van der Waals surface area contributed by atoms with Crippen molar-refractivity contribution in [2.75, 3.05) is 14.2 Å². The van der Waals surface area contributed by atoms with E-state index in [0.717, 1.165) is 22.5 Å². The van der Waals surface area contributed by atoms with E-state index in [1.807, 2.05) is 49.0 Å². The Morgan fingerprint density at radius 2 is 1.81 bits per heavy atom. The molecule has 3 aromatic heterocycles. The highest BCUT2D eigenvalue weighted by molar-refractivity contribution is 6.04. The Morgan fingerprint density at radius 3 is 2.46 bits per heavy atom. The highest BCUT2D eigenvalue weighted by atomic mass is 16.5. The normalized spacial score (nSPS) is 11.2. The van der Waals surface area contributed by atoms with E-state index in [2.05, 4.69) is 9.97 Å². The Morgan fingerprint density at radius 1 is 1.08 bits per heavy atom. The van der Waals surface area contributed by atoms with Crippen molar-refractivity contribution in [3.63, 3.8) is 0 Å². The monoisotopic (exact) mass is 350 g/mol. The van der Waals surface area contributed by atoms with Crippen LogP contribution in [0.25, 0.3) is 27.5 Å². The zero-order chi connectivity index (χ0) is 18.4. The Hall–Kier alpha value is -3.35. The Bertz CT molecular complexity index is 1190. The molecule has 0 spiro atoms. The van der Waals surface area contributed by atoms with Crippen molar-refractivity contribution in [3.05, 3.63) is 52.7 Å². The van der Waals surface area contributed by atoms with Crippen LogP contribution in [0.15, 0.2) is 41.5 Å². The zero-order valence-electron chi connectivity index (χ0n) is 15.0. The van der Waals surface area contributed by atoms with Gasteiger partial charge in [-0.3, -0.25) is 9.36 Å². The fourth-order valence-electron chi connectivity index (χ4n) is 3.20. The lowest BCUT2D eigenvalue weighted by Crippen LogP contribution is -2.20. The molecule has 0 aliphatic carbocycles. The Labute approximate surface area is 149 Å². The van der Waals surface area contributed by atoms with Gasteiger partial charge in [-0.15, -0.1) is 0 Å². The van der Waals surface area contributed by atoms with Crippen LogP contribution in [0.5, 0.6) is 11.8 Å². The molecule has 0 fully saturated rings. The summed E-state index contributed by atoms with van der Waals surface area (Å²) in [6.45, 7) is 1.92. The number of nitrogens with zero attached hydrogens (tertiary/aromatic N) is 4. The first kappa shape index (κ1) is 16.1. The maximum Gasteiger partial charge on any atom is 0.316 e. The summed E-state index contributed by atoms with van der Waals surface area (Å²) in [5.41, 5.74) is 2.79. The molecule has 0 saturated heterocycles. The number of methoxy groups -OCH3 is 2. The molecule has 0 N–H and O–H groups in total. The summed E-state index contributed by atoms with van der Waals surface area (Å²) in [6, 6.07) is 7.59. The van der Waals surface area contributed by atoms with Gasteiger partial charge in [0.1, 0.15) is 11.3 Å². The Kier molecular flexibility index (Phi) is 3.64. The third-order valence-corrected chi connectivity index (χ3v) is 4.66. The zero-order valence-corrected chi connectivity index (χ0v) is 15.0. The number of rotatable bonds is 3. The van der Waals surface area contributed by atoms with Crippen molar-refractivity contribution in [3.8, 4) is 17.4 Å². The minimum Gasteiger partial charge on any atom is -0.497 e. The van der Waals surface area contributed by atoms with Crippen molar-refractivity contribution < 1.29 is 9.47 Å². The second-order valence-corrected chi connectivity index (χ2v) is 6.04. The van der Waals surface area contributed by atoms with Crippen molar-refractivity contribution in [1.82, 2.24) is 19.1 Å². The summed E-state index contributed by atoms with van der Waals surface area (Å²) in [5.74, 6) is 0.723. The van der Waals surface area contributed by atoms with Crippen LogP contribution < -0.4 is 15.0 Å². The van der Waals surface area contributed by atoms with Crippen LogP contribution in [-0.2, 0) is 7.05 Å². The van der Waals surface area contributed by atoms with E-state index in [4.69, 9.17) is 9.47 Å². The van der Waals surface area contributed by atoms with Gasteiger partial charge in [-0.2, -0.15) is 4.98 Å². The van der Waals surface area contributed by atoms with E-state index in [1.54, 1.807) is 17.9 Å². The van der Waals surface area contributed by atoms with Gasteiger partial charge in [-0.05, 0) is 31.2 Å². The lowest BCUT2D eigenvalue weighted by Gasteiger charge is -2.12. The van der Waals surface area contributed by atoms with E-state index >= 15 is 0 Å². The van der Waals surface area contributed by atoms with Gasteiger partial charge in [0, 0.05) is 30.0 Å². The standard InChI is InChI=1S/C19H18N4O3/c1-11-16-14(10-22(11)2)17-15(9-20-19(21-17)26-4)23(18(16)24)12-5-7-13(25-3)8-6-12/h5-10H,1-4H3. The number of aryl methyl sites for hydroxylation is 2. The smallest absolute Gasteiger partial charge is 0.316 e. The third-order valence-electron chi connectivity index (χ3n) is 4.66. The van der Waals surface area contributed by atoms with E-state index in [9.17, 15) is 4.79 Å². The molecule has 3 heterocycles. The second kappa shape index (κ2) is 5.87. The summed E-state index contributed by atoms with van der Waals surface area (Å²) in [7, 11) is 5.04. The molecule has 0 amide bonds. The molecule has 0 bridgehead atoms. The maximum atomic E-state index is 13.3. The predicted molar refractivity (Wildman–Crippen MR) is 99.5 cm³/mol. The van der Waals surface area contributed by atoms with Crippen LogP contribution in [0.2, 0.25) is 0 Å². The average Bonchev–Trinajstić information content (AvgIpc) is 2.97. The SMILES string of the molecule is COc1ccc(-n2c(=O)c3c(C)n(C)cc3c3nc(OC)ncc32)cc1. The van der Waals surface area contributed by atoms with E-state index in [-0.39, 0.29) is 11.6 Å². The van der Waals surface area contributed by atoms with Gasteiger partial charge in [-0.25, -0.2) is 4.98 Å². The van der Waals surface area contributed by atoms with Crippen molar-refractivity contribution in [2.24, 2.45) is 7.05 Å². The minimum atomic E-state index is -0.107. The number of benzene rings is 1. The molecule has 0 aliphatic rings. The average molecular weight is 350 g/mol. The molecule has 0 aliphatic heterocycles. The number of aromatic nitrogens is 4. The van der Waals surface area contributed by atoms with Crippen LogP contribution in [0.3, 0.4) is 0 Å². The number of ether oxygens (including phenoxy) is 2. The molecule has 0 saturated carbocycles. The molecule has 4 rings (SSSR count). The molecule has 0 radical (unpaired) electrons. The first-order valence-corrected chi connectivity index (χ1v) is 8.11. The topological polar surface area (TPSA) is 71.2 Å². The lowest BCUT2D eigenvalue weighted by atomic mass is 10.1. The van der Waals surface area contributed by atoms with Crippen LogP contribution in [0.4, 0.5) is 0 Å². The van der Waals surface area contributed by atoms with E-state index < -0.39 is 0 Å². The van der Waals surface area contributed by atoms with Gasteiger partial charge in [0.15, 0.2) is 0 Å². The van der Waals surface area contributed by atoms with Gasteiger partial charge in [0.05, 0.1) is 31.3 Å². The molecule has 7 heteroatoms. The minimum absolute atomic E-state index is 0.107. The largest absolute Gasteiger partial charge is 0.497 e. The highest BCUT2D eigenvalue weighted by Crippen LogP contribution is 2.27. The molecule has 132 valence electrons. The highest BCUT2D eigenvalue weighted by Gasteiger charge is 2.18.